The number of benzene rings is 3. The van der Waals surface area contributed by atoms with Gasteiger partial charge in [0.15, 0.2) is 5.69 Å². The molecule has 3 aromatic carbocycles. The van der Waals surface area contributed by atoms with Crippen LogP contribution < -0.4 is 20.7 Å². The fourth-order valence-electron chi connectivity index (χ4n) is 3.95. The molecule has 0 atom stereocenters. The molecule has 0 aromatic heterocycles. The van der Waals surface area contributed by atoms with Gasteiger partial charge in [-0.1, -0.05) is 36.4 Å². The van der Waals surface area contributed by atoms with E-state index in [1.807, 2.05) is 0 Å². The summed E-state index contributed by atoms with van der Waals surface area (Å²) in [4.78, 5) is 35.2. The van der Waals surface area contributed by atoms with Gasteiger partial charge >= 0.3 is 17.1 Å². The molecule has 3 aromatic rings. The highest BCUT2D eigenvalue weighted by Crippen LogP contribution is 2.49. The summed E-state index contributed by atoms with van der Waals surface area (Å²) in [5.41, 5.74) is 1.01. The standard InChI is InChI=1S/C22H21N7O6/c30-27(31)18-15-19(28(32)33)21(25-13-11-23-12-14-25)22(29(34)35)20(18)24-26(16-7-3-1-4-8-16)17-9-5-2-6-10-17/h1-10,15,23-24H,11-14H2. The second-order valence-corrected chi connectivity index (χ2v) is 7.61. The number of hydrazine groups is 1. The monoisotopic (exact) mass is 479 g/mol. The van der Waals surface area contributed by atoms with Crippen molar-refractivity contribution in [2.45, 2.75) is 0 Å². The number of rotatable bonds is 8. The Kier molecular flexibility index (Phi) is 6.69. The first-order chi connectivity index (χ1) is 16.9. The third-order valence-corrected chi connectivity index (χ3v) is 5.49. The van der Waals surface area contributed by atoms with Gasteiger partial charge in [-0.2, -0.15) is 0 Å². The highest BCUT2D eigenvalue weighted by atomic mass is 16.6. The van der Waals surface area contributed by atoms with Crippen LogP contribution in [0.1, 0.15) is 0 Å². The molecule has 1 saturated heterocycles. The Morgan fingerprint density at radius 1 is 0.771 bits per heavy atom. The number of nitrogens with zero attached hydrogens (tertiary/aromatic N) is 5. The van der Waals surface area contributed by atoms with Crippen molar-refractivity contribution in [3.63, 3.8) is 0 Å². The minimum absolute atomic E-state index is 0.264. The summed E-state index contributed by atoms with van der Waals surface area (Å²) >= 11 is 0. The van der Waals surface area contributed by atoms with Gasteiger partial charge < -0.3 is 10.2 Å². The van der Waals surface area contributed by atoms with Crippen LogP contribution in [0.3, 0.4) is 0 Å². The molecule has 35 heavy (non-hydrogen) atoms. The fraction of sp³-hybridized carbons (Fsp3) is 0.182. The Labute approximate surface area is 199 Å². The number of nitro groups is 3. The Balaban J connectivity index is 1.98. The van der Waals surface area contributed by atoms with E-state index in [4.69, 9.17) is 0 Å². The Bertz CT molecular complexity index is 1210. The first-order valence-corrected chi connectivity index (χ1v) is 10.6. The summed E-state index contributed by atoms with van der Waals surface area (Å²) in [6.45, 7) is 1.43. The van der Waals surface area contributed by atoms with Crippen LogP contribution in [0.4, 0.5) is 39.8 Å². The molecule has 4 rings (SSSR count). The van der Waals surface area contributed by atoms with E-state index >= 15 is 0 Å². The van der Waals surface area contributed by atoms with Gasteiger partial charge in [-0.25, -0.2) is 0 Å². The smallest absolute Gasteiger partial charge is 0.331 e. The summed E-state index contributed by atoms with van der Waals surface area (Å²) < 4.78 is 0. The molecule has 0 spiro atoms. The molecule has 180 valence electrons. The van der Waals surface area contributed by atoms with Gasteiger partial charge in [0, 0.05) is 26.2 Å². The Morgan fingerprint density at radius 3 is 1.74 bits per heavy atom. The maximum absolute atomic E-state index is 12.3. The molecule has 13 nitrogen and oxygen atoms in total. The molecule has 1 fully saturated rings. The van der Waals surface area contributed by atoms with Crippen LogP contribution in [0, 0.1) is 30.3 Å². The van der Waals surface area contributed by atoms with Gasteiger partial charge in [0.1, 0.15) is 0 Å². The van der Waals surface area contributed by atoms with E-state index < -0.39 is 37.5 Å². The topological polar surface area (TPSA) is 160 Å². The molecule has 13 heteroatoms. The number of hydrogen-bond acceptors (Lipinski definition) is 10. The van der Waals surface area contributed by atoms with E-state index in [-0.39, 0.29) is 18.8 Å². The van der Waals surface area contributed by atoms with Crippen LogP contribution in [0.5, 0.6) is 0 Å². The lowest BCUT2D eigenvalue weighted by molar-refractivity contribution is -0.400. The largest absolute Gasteiger partial charge is 0.358 e. The molecule has 0 radical (unpaired) electrons. The van der Waals surface area contributed by atoms with Crippen molar-refractivity contribution in [3.8, 4) is 0 Å². The summed E-state index contributed by atoms with van der Waals surface area (Å²) in [6, 6.07) is 18.2. The van der Waals surface area contributed by atoms with Gasteiger partial charge in [0.25, 0.3) is 0 Å². The molecule has 0 amide bonds. The first-order valence-electron chi connectivity index (χ1n) is 10.6. The van der Waals surface area contributed by atoms with E-state index in [9.17, 15) is 30.3 Å². The second kappa shape index (κ2) is 10.0. The fourth-order valence-corrected chi connectivity index (χ4v) is 3.95. The summed E-state index contributed by atoms with van der Waals surface area (Å²) in [6.07, 6.45) is 0. The lowest BCUT2D eigenvalue weighted by Gasteiger charge is -2.30. The second-order valence-electron chi connectivity index (χ2n) is 7.61. The van der Waals surface area contributed by atoms with Gasteiger partial charge in [0.2, 0.25) is 5.69 Å². The van der Waals surface area contributed by atoms with Crippen molar-refractivity contribution in [3.05, 3.63) is 97.1 Å². The van der Waals surface area contributed by atoms with Crippen LogP contribution in [0.2, 0.25) is 0 Å². The third-order valence-electron chi connectivity index (χ3n) is 5.49. The van der Waals surface area contributed by atoms with E-state index in [0.29, 0.717) is 24.5 Å². The molecule has 0 aliphatic carbocycles. The maximum Gasteiger partial charge on any atom is 0.331 e. The lowest BCUT2D eigenvalue weighted by Crippen LogP contribution is -2.44. The van der Waals surface area contributed by atoms with Gasteiger partial charge in [-0.15, -0.1) is 0 Å². The van der Waals surface area contributed by atoms with E-state index in [2.05, 4.69) is 10.7 Å². The Hall–Kier alpha value is -4.78. The highest BCUT2D eigenvalue weighted by Gasteiger charge is 2.40. The summed E-state index contributed by atoms with van der Waals surface area (Å²) in [7, 11) is 0. The number of nitro benzene ring substituents is 3. The minimum Gasteiger partial charge on any atom is -0.358 e. The van der Waals surface area contributed by atoms with Crippen LogP contribution in [0.15, 0.2) is 66.7 Å². The third kappa shape index (κ3) is 4.79. The molecule has 0 bridgehead atoms. The van der Waals surface area contributed by atoms with E-state index in [1.165, 1.54) is 9.91 Å². The van der Waals surface area contributed by atoms with Gasteiger partial charge in [-0.3, -0.25) is 40.8 Å². The zero-order valence-electron chi connectivity index (χ0n) is 18.4. The number of nitrogens with one attached hydrogen (secondary N) is 2. The average molecular weight is 479 g/mol. The predicted octanol–water partition coefficient (Wildman–Crippen LogP) is 3.99. The van der Waals surface area contributed by atoms with Crippen LogP contribution >= 0.6 is 0 Å². The molecule has 0 saturated carbocycles. The minimum atomic E-state index is -0.863. The highest BCUT2D eigenvalue weighted by molar-refractivity contribution is 5.92. The quantitative estimate of drug-likeness (QED) is 0.357. The van der Waals surface area contributed by atoms with Gasteiger partial charge in [0.05, 0.1) is 32.2 Å². The van der Waals surface area contributed by atoms with Crippen LogP contribution in [-0.2, 0) is 0 Å². The molecular formula is C22H21N7O6. The first kappa shape index (κ1) is 23.4. The molecule has 1 aliphatic heterocycles. The summed E-state index contributed by atoms with van der Waals surface area (Å²) in [5.74, 6) is 0. The number of piperazine rings is 1. The van der Waals surface area contributed by atoms with Crippen molar-refractivity contribution in [2.75, 3.05) is 41.5 Å². The van der Waals surface area contributed by atoms with Gasteiger partial charge in [-0.05, 0) is 24.3 Å². The van der Waals surface area contributed by atoms with E-state index in [0.717, 1.165) is 6.07 Å². The lowest BCUT2D eigenvalue weighted by atomic mass is 10.1. The molecular weight excluding hydrogens is 458 g/mol. The van der Waals surface area contributed by atoms with E-state index in [1.54, 1.807) is 60.7 Å². The average Bonchev–Trinajstić information content (AvgIpc) is 2.87. The molecule has 1 heterocycles. The maximum atomic E-state index is 12.3. The Morgan fingerprint density at radius 2 is 1.29 bits per heavy atom. The normalized spacial score (nSPS) is 13.2. The zero-order chi connectivity index (χ0) is 24.9. The summed E-state index contributed by atoms with van der Waals surface area (Å²) in [5, 5.41) is 40.8. The SMILES string of the molecule is O=[N+]([O-])c1cc([N+](=O)[O-])c(N2CCNCC2)c([N+](=O)[O-])c1NN(c1ccccc1)c1ccccc1. The number of hydrogen-bond donors (Lipinski definition) is 2. The molecule has 1 aliphatic rings. The zero-order valence-corrected chi connectivity index (χ0v) is 18.4. The number of para-hydroxylation sites is 2. The predicted molar refractivity (Wildman–Crippen MR) is 130 cm³/mol. The molecule has 2 N–H and O–H groups in total. The van der Waals surface area contributed by atoms with Crippen molar-refractivity contribution in [1.29, 1.82) is 0 Å². The van der Waals surface area contributed by atoms with Crippen molar-refractivity contribution in [2.24, 2.45) is 0 Å². The van der Waals surface area contributed by atoms with Crippen LogP contribution in [0.25, 0.3) is 0 Å². The van der Waals surface area contributed by atoms with Crippen molar-refractivity contribution >= 4 is 39.8 Å². The van der Waals surface area contributed by atoms with Crippen LogP contribution in [-0.4, -0.2) is 40.9 Å². The molecule has 0 unspecified atom stereocenters. The van der Waals surface area contributed by atoms with Crippen molar-refractivity contribution < 1.29 is 14.8 Å². The number of anilines is 4. The van der Waals surface area contributed by atoms with Crippen molar-refractivity contribution in [1.82, 2.24) is 5.32 Å².